The SMILES string of the molecule is CO/N=C1\OCc2cc(NC(=O)C[C@@H]3N=C(c4ccc(Cl)cc4)c4c(sc(C)c4C)-n4c(C)nnc43)ccc21.Cc1sc2c(c1C)C(c1ccc(Cl)cc1)=N[C@@H](CC(=O)Nc1ccc3c(c1)CO/C3=N\O)c1nnc(C)n1-2.Cc1sc2c(c1C)C(c1ccc(Cl)cc1)=N[C@@H](CC(=O)Nc1ccc3c(c1)COC3=NC#N)c1nnc(C)n1-2. The number of aryl methyl sites for hydroxylation is 6. The lowest BCUT2D eigenvalue weighted by atomic mass is 9.99. The summed E-state index contributed by atoms with van der Waals surface area (Å²) in [4.78, 5) is 67.6. The van der Waals surface area contributed by atoms with Crippen LogP contribution < -0.4 is 16.0 Å². The van der Waals surface area contributed by atoms with E-state index in [2.05, 4.69) is 103 Å². The van der Waals surface area contributed by atoms with E-state index in [0.717, 1.165) is 127 Å². The van der Waals surface area contributed by atoms with Gasteiger partial charge in [-0.05, 0) is 180 Å². The number of carbonyl (C=O) groups excluding carboxylic acids is 3. The average molecular weight is 1660 g/mol. The van der Waals surface area contributed by atoms with Gasteiger partial charge in [0.1, 0.15) is 77.5 Å². The molecule has 18 rings (SSSR count). The summed E-state index contributed by atoms with van der Waals surface area (Å²) in [6, 6.07) is 37.4. The van der Waals surface area contributed by atoms with Crippen LogP contribution in [0.15, 0.2) is 158 Å². The molecule has 0 fully saturated rings. The molecule has 27 nitrogen and oxygen atoms in total. The molecule has 33 heteroatoms. The first-order valence-electron chi connectivity index (χ1n) is 36.6. The Bertz CT molecular complexity index is 6260. The maximum atomic E-state index is 13.4. The van der Waals surface area contributed by atoms with Gasteiger partial charge >= 0.3 is 0 Å². The monoisotopic (exact) mass is 1660 g/mol. The number of hydrogen-bond acceptors (Lipinski definition) is 24. The van der Waals surface area contributed by atoms with E-state index in [0.29, 0.717) is 80.2 Å². The number of nitriles is 1. The molecule has 0 saturated carbocycles. The number of thiophene rings is 3. The van der Waals surface area contributed by atoms with Crippen molar-refractivity contribution >= 4 is 138 Å². The molecule has 0 unspecified atom stereocenters. The number of hydrogen-bond donors (Lipinski definition) is 4. The smallest absolute Gasteiger partial charge is 0.258 e. The minimum Gasteiger partial charge on any atom is -0.472 e. The van der Waals surface area contributed by atoms with Gasteiger partial charge in [-0.2, -0.15) is 5.26 Å². The highest BCUT2D eigenvalue weighted by Gasteiger charge is 2.38. The van der Waals surface area contributed by atoms with Crippen molar-refractivity contribution in [2.24, 2.45) is 30.3 Å². The van der Waals surface area contributed by atoms with Gasteiger partial charge in [0, 0.05) is 114 Å². The van der Waals surface area contributed by atoms with Gasteiger partial charge in [-0.3, -0.25) is 43.1 Å². The van der Waals surface area contributed by atoms with E-state index < -0.39 is 18.1 Å². The van der Waals surface area contributed by atoms with E-state index in [-0.39, 0.29) is 49.5 Å². The second kappa shape index (κ2) is 32.1. The Morgan fingerprint density at radius 3 is 1.10 bits per heavy atom. The molecule has 4 N–H and O–H groups in total. The predicted molar refractivity (Wildman–Crippen MR) is 447 cm³/mol. The molecule has 116 heavy (non-hydrogen) atoms. The van der Waals surface area contributed by atoms with Crippen LogP contribution in [0.3, 0.4) is 0 Å². The van der Waals surface area contributed by atoms with E-state index in [9.17, 15) is 14.4 Å². The number of ether oxygens (including phenoxy) is 3. The van der Waals surface area contributed by atoms with Crippen LogP contribution in [0.5, 0.6) is 0 Å². The number of nitrogens with zero attached hydrogens (tertiary/aromatic N) is 16. The molecule has 0 spiro atoms. The maximum absolute atomic E-state index is 13.4. The first kappa shape index (κ1) is 77.6. The van der Waals surface area contributed by atoms with Crippen LogP contribution in [0.4, 0.5) is 17.1 Å². The zero-order valence-corrected chi connectivity index (χ0v) is 68.6. The number of fused-ring (bicyclic) bond motifs is 12. The minimum absolute atomic E-state index is 0.0664. The molecule has 0 bridgehead atoms. The van der Waals surface area contributed by atoms with Crippen LogP contribution in [0, 0.1) is 73.8 Å². The standard InChI is InChI=1S/C28H22ClN7O2S.C28H25ClN6O3S.C27H23ClN6O3S/c1-14-15(2)39-28-24(14)25(17-4-6-19(29)7-5-17)33-22(26-35-34-16(3)36(26)28)11-23(37)32-20-8-9-21-18(10-20)12-38-27(21)31-13-30;1-14-15(2)39-28-24(14)25(17-5-7-19(29)8-6-17)31-22(26-33-32-16(3)35(26)28)12-23(36)30-20-9-10-21-18(11-20)13-38-27(21)34-37-4;1-13-14(2)38-27-23(13)24(16-4-6-18(28)7-5-16)30-21(25-32-31-15(3)34(25)27)11-22(35)29-19-8-9-20-17(10-19)12-37-26(20)33-36/h4-10,22H,11-12H2,1-3H3,(H,32,37);5-11,22H,12-13H2,1-4H3,(H,30,36);4-10,21,36H,11-12H2,1-3H3,(H,29,35)/b;34-27-;33-26-/t2*22-;21-/m000/s1. The number of amides is 3. The Labute approximate surface area is 691 Å². The van der Waals surface area contributed by atoms with Crippen molar-refractivity contribution in [2.45, 2.75) is 120 Å². The van der Waals surface area contributed by atoms with Crippen molar-refractivity contribution in [1.29, 1.82) is 5.26 Å². The van der Waals surface area contributed by atoms with Crippen LogP contribution >= 0.6 is 68.8 Å². The highest BCUT2D eigenvalue weighted by atomic mass is 35.5. The summed E-state index contributed by atoms with van der Waals surface area (Å²) in [5.74, 6) is 4.38. The largest absolute Gasteiger partial charge is 0.472 e. The summed E-state index contributed by atoms with van der Waals surface area (Å²) in [6.45, 7) is 19.2. The van der Waals surface area contributed by atoms with Gasteiger partial charge in [0.15, 0.2) is 17.5 Å². The van der Waals surface area contributed by atoms with Crippen LogP contribution in [-0.4, -0.2) is 109 Å². The predicted octanol–water partition coefficient (Wildman–Crippen LogP) is 16.7. The summed E-state index contributed by atoms with van der Waals surface area (Å²) >= 11 is 23.6. The molecule has 12 heterocycles. The zero-order chi connectivity index (χ0) is 81.1. The van der Waals surface area contributed by atoms with Crippen LogP contribution in [-0.2, 0) is 53.3 Å². The van der Waals surface area contributed by atoms with E-state index in [1.54, 1.807) is 64.5 Å². The summed E-state index contributed by atoms with van der Waals surface area (Å²) in [5.41, 5.74) is 18.4. The van der Waals surface area contributed by atoms with Gasteiger partial charge < -0.3 is 40.2 Å². The van der Waals surface area contributed by atoms with Crippen molar-refractivity contribution in [3.05, 3.63) is 275 Å². The number of carbonyl (C=O) groups is 3. The van der Waals surface area contributed by atoms with Crippen molar-refractivity contribution in [3.8, 4) is 21.2 Å². The summed E-state index contributed by atoms with van der Waals surface area (Å²) in [7, 11) is 1.47. The Kier molecular flexibility index (Phi) is 21.5. The van der Waals surface area contributed by atoms with Crippen LogP contribution in [0.1, 0.15) is 170 Å². The fraction of sp³-hybridized carbons (Fsp3) is 0.229. The number of halogens is 3. The quantitative estimate of drug-likeness (QED) is 0.0473. The van der Waals surface area contributed by atoms with Crippen molar-refractivity contribution in [2.75, 3.05) is 23.1 Å². The van der Waals surface area contributed by atoms with Gasteiger partial charge in [0.05, 0.1) is 36.4 Å². The topological polar surface area (TPSA) is 335 Å². The molecular formula is C83H70Cl3N19O8S3. The van der Waals surface area contributed by atoms with E-state index in [1.807, 2.05) is 138 Å². The third-order valence-corrected chi connectivity index (χ3v) is 24.9. The molecular weight excluding hydrogens is 1590 g/mol. The molecule has 6 aromatic carbocycles. The van der Waals surface area contributed by atoms with Gasteiger partial charge in [-0.15, -0.1) is 69.6 Å². The van der Waals surface area contributed by atoms with Gasteiger partial charge in [-0.25, -0.2) is 0 Å². The highest BCUT2D eigenvalue weighted by Crippen LogP contribution is 2.44. The second-order valence-corrected chi connectivity index (χ2v) is 32.9. The van der Waals surface area contributed by atoms with E-state index >= 15 is 0 Å². The normalized spacial score (nSPS) is 16.6. The minimum atomic E-state index is -0.566. The van der Waals surface area contributed by atoms with Crippen molar-refractivity contribution in [3.63, 3.8) is 0 Å². The molecule has 0 radical (unpaired) electrons. The third kappa shape index (κ3) is 14.9. The molecule has 6 aliphatic heterocycles. The molecule has 584 valence electrons. The number of nitrogens with one attached hydrogen (secondary N) is 3. The fourth-order valence-corrected chi connectivity index (χ4v) is 18.6. The lowest BCUT2D eigenvalue weighted by Crippen LogP contribution is -2.17. The Hall–Kier alpha value is -12.4. The number of aromatic nitrogens is 9. The van der Waals surface area contributed by atoms with Gasteiger partial charge in [0.25, 0.3) is 11.8 Å². The molecule has 3 atom stereocenters. The lowest BCUT2D eigenvalue weighted by Gasteiger charge is -2.13. The highest BCUT2D eigenvalue weighted by molar-refractivity contribution is 7.16. The molecule has 0 aliphatic carbocycles. The molecule has 12 aromatic rings. The number of aliphatic imine (C=N–C) groups is 4. The fourth-order valence-electron chi connectivity index (χ4n) is 14.6. The Balaban J connectivity index is 0.000000131. The van der Waals surface area contributed by atoms with Crippen LogP contribution in [0.25, 0.3) is 15.0 Å². The van der Waals surface area contributed by atoms with Gasteiger partial charge in [0.2, 0.25) is 29.8 Å². The number of anilines is 3. The molecule has 6 aliphatic rings. The Morgan fingerprint density at radius 1 is 0.474 bits per heavy atom. The van der Waals surface area contributed by atoms with Crippen molar-refractivity contribution in [1.82, 2.24) is 44.3 Å². The maximum Gasteiger partial charge on any atom is 0.258 e. The first-order valence-corrected chi connectivity index (χ1v) is 40.2. The number of rotatable bonds is 13. The average Bonchev–Trinajstić information content (AvgIpc) is 1.60. The molecule has 6 aromatic heterocycles. The number of oxime groups is 2. The second-order valence-electron chi connectivity index (χ2n) is 28.0. The molecule has 3 amide bonds. The third-order valence-electron chi connectivity index (χ3n) is 20.6. The van der Waals surface area contributed by atoms with Gasteiger partial charge in [-0.1, -0.05) is 71.2 Å². The Morgan fingerprint density at radius 2 is 0.784 bits per heavy atom. The van der Waals surface area contributed by atoms with Crippen LogP contribution in [0.2, 0.25) is 15.1 Å². The summed E-state index contributed by atoms with van der Waals surface area (Å²) in [5, 5.41) is 65.3. The van der Waals surface area contributed by atoms with E-state index in [4.69, 9.17) is 79.3 Å². The van der Waals surface area contributed by atoms with E-state index in [1.165, 1.54) is 21.7 Å². The lowest BCUT2D eigenvalue weighted by molar-refractivity contribution is -0.117. The first-order chi connectivity index (χ1) is 56.0. The number of benzene rings is 6. The summed E-state index contributed by atoms with van der Waals surface area (Å²) in [6.07, 6.45) is 1.97. The molecule has 0 saturated heterocycles. The van der Waals surface area contributed by atoms with Crippen molar-refractivity contribution < 1.29 is 38.6 Å². The summed E-state index contributed by atoms with van der Waals surface area (Å²) < 4.78 is 22.5. The zero-order valence-electron chi connectivity index (χ0n) is 63.9.